The van der Waals surface area contributed by atoms with Crippen LogP contribution in [0.5, 0.6) is 0 Å². The molecule has 7 heteroatoms. The van der Waals surface area contributed by atoms with Crippen molar-refractivity contribution in [2.24, 2.45) is 0 Å². The summed E-state index contributed by atoms with van der Waals surface area (Å²) >= 11 is 0. The van der Waals surface area contributed by atoms with Crippen molar-refractivity contribution in [3.63, 3.8) is 0 Å². The number of hydrogen-bond acceptors (Lipinski definition) is 4. The topological polar surface area (TPSA) is 107 Å². The molecule has 37 heavy (non-hydrogen) atoms. The van der Waals surface area contributed by atoms with Gasteiger partial charge in [0.2, 0.25) is 0 Å². The van der Waals surface area contributed by atoms with Crippen molar-refractivity contribution in [3.05, 3.63) is 107 Å². The zero-order chi connectivity index (χ0) is 25.6. The molecule has 7 nitrogen and oxygen atoms in total. The molecule has 1 fully saturated rings. The summed E-state index contributed by atoms with van der Waals surface area (Å²) in [7, 11) is 0. The third-order valence-electron chi connectivity index (χ3n) is 6.67. The van der Waals surface area contributed by atoms with Gasteiger partial charge in [-0.1, -0.05) is 61.4 Å². The summed E-state index contributed by atoms with van der Waals surface area (Å²) in [5.74, 6) is 0.871. The first-order valence-corrected chi connectivity index (χ1v) is 12.4. The number of carbonyl (C=O) groups is 1. The van der Waals surface area contributed by atoms with E-state index >= 15 is 0 Å². The quantitative estimate of drug-likeness (QED) is 0.198. The Labute approximate surface area is 214 Å². The number of benzene rings is 3. The summed E-state index contributed by atoms with van der Waals surface area (Å²) in [5, 5.41) is 16.6. The van der Waals surface area contributed by atoms with Gasteiger partial charge in [-0.25, -0.2) is 9.78 Å². The van der Waals surface area contributed by atoms with Crippen LogP contribution in [-0.2, 0) is 0 Å². The monoisotopic (exact) mass is 492 g/mol. The molecule has 6 rings (SSSR count). The first-order chi connectivity index (χ1) is 18.1. The van der Waals surface area contributed by atoms with E-state index in [1.54, 1.807) is 42.1 Å². The average molecular weight is 493 g/mol. The molecule has 0 unspecified atom stereocenters. The normalized spacial score (nSPS) is 13.2. The molecule has 0 saturated heterocycles. The van der Waals surface area contributed by atoms with E-state index in [1.165, 1.54) is 25.7 Å². The Bertz CT molecular complexity index is 1570. The van der Waals surface area contributed by atoms with E-state index in [0.29, 0.717) is 16.7 Å². The van der Waals surface area contributed by atoms with Gasteiger partial charge in [0, 0.05) is 33.7 Å². The van der Waals surface area contributed by atoms with Crippen LogP contribution in [0.15, 0.2) is 95.9 Å². The second-order valence-corrected chi connectivity index (χ2v) is 9.11. The van der Waals surface area contributed by atoms with Crippen molar-refractivity contribution in [2.75, 3.05) is 10.6 Å². The summed E-state index contributed by atoms with van der Waals surface area (Å²) in [4.78, 5) is 30.0. The lowest BCUT2D eigenvalue weighted by Crippen LogP contribution is -2.08. The van der Waals surface area contributed by atoms with Crippen molar-refractivity contribution >= 4 is 45.0 Å². The SMILES string of the molecule is O=C(O)Nc1ccc(Nc2ccnc3[nH]c(=O)c4ccccc4c23)cc1.c1ccc(C2CCCC2)cc1. The molecule has 0 bridgehead atoms. The Morgan fingerprint density at radius 3 is 2.19 bits per heavy atom. The summed E-state index contributed by atoms with van der Waals surface area (Å²) in [6.45, 7) is 0. The molecule has 4 N–H and O–H groups in total. The van der Waals surface area contributed by atoms with Gasteiger partial charge in [0.15, 0.2) is 0 Å². The Balaban J connectivity index is 0.000000212. The molecule has 2 heterocycles. The van der Waals surface area contributed by atoms with Crippen LogP contribution in [0.4, 0.5) is 21.9 Å². The van der Waals surface area contributed by atoms with Gasteiger partial charge >= 0.3 is 6.09 Å². The predicted molar refractivity (Wildman–Crippen MR) is 149 cm³/mol. The van der Waals surface area contributed by atoms with Crippen LogP contribution in [0.2, 0.25) is 0 Å². The molecule has 2 aromatic heterocycles. The molecule has 0 aliphatic heterocycles. The summed E-state index contributed by atoms with van der Waals surface area (Å²) in [6.07, 6.45) is 6.18. The Kier molecular flexibility index (Phi) is 7.12. The van der Waals surface area contributed by atoms with E-state index in [4.69, 9.17) is 5.11 Å². The van der Waals surface area contributed by atoms with E-state index < -0.39 is 6.09 Å². The number of fused-ring (bicyclic) bond motifs is 3. The van der Waals surface area contributed by atoms with E-state index in [-0.39, 0.29) is 5.56 Å². The number of aromatic nitrogens is 2. The zero-order valence-corrected chi connectivity index (χ0v) is 20.3. The fourth-order valence-electron chi connectivity index (χ4n) is 4.91. The standard InChI is InChI=1S/C19H14N4O3.C11H14/c24-18-14-4-2-1-3-13(14)16-15(9-10-20-17(16)23-18)21-11-5-7-12(8-6-11)22-19(25)26;1-2-6-10(7-3-1)11-8-4-5-9-11/h1-10,22H,(H,25,26)(H2,20,21,23,24);1-3,6-7,11H,4-5,8-9H2. The number of aromatic amines is 1. The Hall–Kier alpha value is -4.65. The molecule has 1 aliphatic rings. The highest BCUT2D eigenvalue weighted by atomic mass is 16.4. The van der Waals surface area contributed by atoms with Gasteiger partial charge in [-0.2, -0.15) is 0 Å². The van der Waals surface area contributed by atoms with E-state index in [2.05, 4.69) is 50.9 Å². The number of rotatable bonds is 4. The third kappa shape index (κ3) is 5.62. The first kappa shape index (κ1) is 24.1. The minimum absolute atomic E-state index is 0.179. The minimum Gasteiger partial charge on any atom is -0.465 e. The van der Waals surface area contributed by atoms with Crippen molar-refractivity contribution in [3.8, 4) is 0 Å². The third-order valence-corrected chi connectivity index (χ3v) is 6.67. The maximum atomic E-state index is 12.2. The number of anilines is 3. The fourth-order valence-corrected chi connectivity index (χ4v) is 4.91. The number of carboxylic acid groups (broad SMARTS) is 1. The lowest BCUT2D eigenvalue weighted by atomic mass is 9.98. The second kappa shape index (κ2) is 11.0. The van der Waals surface area contributed by atoms with Crippen LogP contribution in [0.3, 0.4) is 0 Å². The molecular weight excluding hydrogens is 464 g/mol. The van der Waals surface area contributed by atoms with Gasteiger partial charge in [0.05, 0.1) is 5.69 Å². The van der Waals surface area contributed by atoms with Crippen molar-refractivity contribution in [2.45, 2.75) is 31.6 Å². The highest BCUT2D eigenvalue weighted by Crippen LogP contribution is 2.33. The smallest absolute Gasteiger partial charge is 0.409 e. The van der Waals surface area contributed by atoms with E-state index in [0.717, 1.165) is 28.1 Å². The van der Waals surface area contributed by atoms with Gasteiger partial charge in [-0.15, -0.1) is 0 Å². The van der Waals surface area contributed by atoms with E-state index in [1.807, 2.05) is 24.3 Å². The van der Waals surface area contributed by atoms with Crippen molar-refractivity contribution < 1.29 is 9.90 Å². The number of nitrogens with zero attached hydrogens (tertiary/aromatic N) is 1. The highest BCUT2D eigenvalue weighted by molar-refractivity contribution is 6.10. The molecule has 186 valence electrons. The second-order valence-electron chi connectivity index (χ2n) is 9.11. The van der Waals surface area contributed by atoms with Crippen LogP contribution in [-0.4, -0.2) is 21.2 Å². The van der Waals surface area contributed by atoms with Crippen LogP contribution in [0.25, 0.3) is 21.8 Å². The van der Waals surface area contributed by atoms with Crippen LogP contribution < -0.4 is 16.2 Å². The van der Waals surface area contributed by atoms with Crippen LogP contribution in [0, 0.1) is 0 Å². The van der Waals surface area contributed by atoms with E-state index in [9.17, 15) is 9.59 Å². The highest BCUT2D eigenvalue weighted by Gasteiger charge is 2.15. The summed E-state index contributed by atoms with van der Waals surface area (Å²) in [6, 6.07) is 27.0. The predicted octanol–water partition coefficient (Wildman–Crippen LogP) is 7.25. The average Bonchev–Trinajstić information content (AvgIpc) is 3.46. The fraction of sp³-hybridized carbons (Fsp3) is 0.167. The lowest BCUT2D eigenvalue weighted by molar-refractivity contribution is 0.209. The zero-order valence-electron chi connectivity index (χ0n) is 20.3. The number of H-pyrrole nitrogens is 1. The maximum Gasteiger partial charge on any atom is 0.409 e. The maximum absolute atomic E-state index is 12.2. The van der Waals surface area contributed by atoms with Gasteiger partial charge in [-0.05, 0) is 60.7 Å². The van der Waals surface area contributed by atoms with Gasteiger partial charge in [0.25, 0.3) is 5.56 Å². The minimum atomic E-state index is -1.11. The molecule has 1 amide bonds. The molecule has 3 aromatic carbocycles. The van der Waals surface area contributed by atoms with Crippen molar-refractivity contribution in [1.82, 2.24) is 9.97 Å². The molecule has 0 radical (unpaired) electrons. The molecule has 5 aromatic rings. The van der Waals surface area contributed by atoms with Gasteiger partial charge < -0.3 is 15.4 Å². The van der Waals surface area contributed by atoms with Crippen molar-refractivity contribution in [1.29, 1.82) is 0 Å². The molecule has 1 saturated carbocycles. The van der Waals surface area contributed by atoms with Crippen LogP contribution in [0.1, 0.15) is 37.2 Å². The lowest BCUT2D eigenvalue weighted by Gasteiger charge is -2.12. The summed E-state index contributed by atoms with van der Waals surface area (Å²) in [5.41, 5.74) is 3.93. The van der Waals surface area contributed by atoms with Crippen LogP contribution >= 0.6 is 0 Å². The first-order valence-electron chi connectivity index (χ1n) is 12.4. The molecule has 1 aliphatic carbocycles. The molecular formula is C30H28N4O3. The molecule has 0 atom stereocenters. The number of pyridine rings is 2. The largest absolute Gasteiger partial charge is 0.465 e. The Morgan fingerprint density at radius 2 is 1.49 bits per heavy atom. The van der Waals surface area contributed by atoms with Gasteiger partial charge in [0.1, 0.15) is 5.65 Å². The summed E-state index contributed by atoms with van der Waals surface area (Å²) < 4.78 is 0. The van der Waals surface area contributed by atoms with Gasteiger partial charge in [-0.3, -0.25) is 10.1 Å². The number of hydrogen-bond donors (Lipinski definition) is 4. The number of nitrogens with one attached hydrogen (secondary N) is 3. The Morgan fingerprint density at radius 1 is 0.838 bits per heavy atom. The number of amides is 1. The molecule has 0 spiro atoms.